The van der Waals surface area contributed by atoms with Crippen molar-refractivity contribution in [3.63, 3.8) is 0 Å². The zero-order chi connectivity index (χ0) is 14.7. The number of aromatic hydroxyl groups is 1. The van der Waals surface area contributed by atoms with Gasteiger partial charge in [0.25, 0.3) is 0 Å². The van der Waals surface area contributed by atoms with Gasteiger partial charge in [0.05, 0.1) is 5.56 Å². The van der Waals surface area contributed by atoms with E-state index in [1.165, 1.54) is 38.5 Å². The average Bonchev–Trinajstić information content (AvgIpc) is 3.02. The number of rotatable bonds is 3. The Bertz CT molecular complexity index is 561. The van der Waals surface area contributed by atoms with E-state index in [1.807, 2.05) is 12.1 Å². The molecule has 1 aromatic carbocycles. The molecule has 0 aliphatic heterocycles. The maximum absolute atomic E-state index is 9.78. The number of nitrogens with zero attached hydrogens (tertiary/aromatic N) is 1. The van der Waals surface area contributed by atoms with Crippen molar-refractivity contribution in [2.24, 2.45) is 17.8 Å². The lowest BCUT2D eigenvalue weighted by Gasteiger charge is -2.31. The first kappa shape index (κ1) is 14.2. The zero-order valence-corrected chi connectivity index (χ0v) is 12.5. The largest absolute Gasteiger partial charge is 0.507 e. The highest BCUT2D eigenvalue weighted by Gasteiger charge is 2.27. The van der Waals surface area contributed by atoms with Crippen molar-refractivity contribution in [3.05, 3.63) is 41.5 Å². The van der Waals surface area contributed by atoms with E-state index in [2.05, 4.69) is 12.2 Å². The maximum atomic E-state index is 9.78. The summed E-state index contributed by atoms with van der Waals surface area (Å²) in [5, 5.41) is 18.6. The molecule has 0 radical (unpaired) electrons. The van der Waals surface area contributed by atoms with Gasteiger partial charge in [-0.1, -0.05) is 18.2 Å². The number of allylic oxidation sites excluding steroid dienone is 2. The lowest BCUT2D eigenvalue weighted by atomic mass is 9.74. The summed E-state index contributed by atoms with van der Waals surface area (Å²) in [6, 6.07) is 7.50. The molecule has 1 N–H and O–H groups in total. The summed E-state index contributed by atoms with van der Waals surface area (Å²) in [6.45, 7) is 0. The molecule has 2 aliphatic rings. The van der Waals surface area contributed by atoms with Gasteiger partial charge in [-0.2, -0.15) is 5.26 Å². The van der Waals surface area contributed by atoms with Crippen LogP contribution in [0.25, 0.3) is 0 Å². The van der Waals surface area contributed by atoms with Gasteiger partial charge in [0.15, 0.2) is 0 Å². The van der Waals surface area contributed by atoms with Crippen molar-refractivity contribution in [2.45, 2.75) is 44.9 Å². The summed E-state index contributed by atoms with van der Waals surface area (Å²) in [7, 11) is 0. The second-order valence-corrected chi connectivity index (χ2v) is 6.62. The molecule has 0 spiro atoms. The number of hydrogen-bond acceptors (Lipinski definition) is 2. The van der Waals surface area contributed by atoms with Crippen LogP contribution in [-0.4, -0.2) is 5.11 Å². The molecule has 1 aromatic rings. The summed E-state index contributed by atoms with van der Waals surface area (Å²) < 4.78 is 0. The molecule has 110 valence electrons. The average molecular weight is 281 g/mol. The Hall–Kier alpha value is -1.75. The number of benzene rings is 1. The molecule has 3 rings (SSSR count). The lowest BCUT2D eigenvalue weighted by molar-refractivity contribution is 0.227. The molecule has 2 nitrogen and oxygen atoms in total. The Morgan fingerprint density at radius 3 is 2.57 bits per heavy atom. The molecule has 21 heavy (non-hydrogen) atoms. The predicted molar refractivity (Wildman–Crippen MR) is 83.8 cm³/mol. The molecule has 1 saturated carbocycles. The van der Waals surface area contributed by atoms with Gasteiger partial charge in [0, 0.05) is 0 Å². The van der Waals surface area contributed by atoms with E-state index in [-0.39, 0.29) is 5.75 Å². The SMILES string of the molecule is N#Cc1ccc(C[C@H]2CC[C@H](C3C=CCC3)CC2)cc1O. The van der Waals surface area contributed by atoms with Crippen LogP contribution in [0.2, 0.25) is 0 Å². The minimum atomic E-state index is 0.125. The normalized spacial score (nSPS) is 28.4. The molecule has 2 aliphatic carbocycles. The van der Waals surface area contributed by atoms with E-state index in [1.54, 1.807) is 12.1 Å². The first-order valence-corrected chi connectivity index (χ1v) is 8.15. The fourth-order valence-corrected chi connectivity index (χ4v) is 4.00. The van der Waals surface area contributed by atoms with Gasteiger partial charge < -0.3 is 5.11 Å². The van der Waals surface area contributed by atoms with Crippen molar-refractivity contribution in [1.82, 2.24) is 0 Å². The fourth-order valence-electron chi connectivity index (χ4n) is 4.00. The first-order valence-electron chi connectivity index (χ1n) is 8.15. The molecular weight excluding hydrogens is 258 g/mol. The van der Waals surface area contributed by atoms with E-state index in [4.69, 9.17) is 5.26 Å². The van der Waals surface area contributed by atoms with Crippen LogP contribution in [-0.2, 0) is 6.42 Å². The number of phenolic OH excluding ortho intramolecular Hbond substituents is 1. The highest BCUT2D eigenvalue weighted by Crippen LogP contribution is 2.39. The van der Waals surface area contributed by atoms with Gasteiger partial charge in [-0.15, -0.1) is 0 Å². The Morgan fingerprint density at radius 1 is 1.14 bits per heavy atom. The Balaban J connectivity index is 1.54. The summed E-state index contributed by atoms with van der Waals surface area (Å²) in [4.78, 5) is 0. The second-order valence-electron chi connectivity index (χ2n) is 6.62. The molecule has 2 heteroatoms. The summed E-state index contributed by atoms with van der Waals surface area (Å²) >= 11 is 0. The topological polar surface area (TPSA) is 44.0 Å². The molecular formula is C19H23NO. The lowest BCUT2D eigenvalue weighted by Crippen LogP contribution is -2.21. The van der Waals surface area contributed by atoms with Crippen LogP contribution in [0.15, 0.2) is 30.4 Å². The number of nitriles is 1. The van der Waals surface area contributed by atoms with E-state index in [9.17, 15) is 5.11 Å². The molecule has 0 aromatic heterocycles. The van der Waals surface area contributed by atoms with Gasteiger partial charge in [-0.25, -0.2) is 0 Å². The molecule has 0 amide bonds. The quantitative estimate of drug-likeness (QED) is 0.824. The monoisotopic (exact) mass is 281 g/mol. The number of hydrogen-bond donors (Lipinski definition) is 1. The first-order chi connectivity index (χ1) is 10.3. The molecule has 0 saturated heterocycles. The van der Waals surface area contributed by atoms with E-state index in [0.717, 1.165) is 29.7 Å². The van der Waals surface area contributed by atoms with Gasteiger partial charge in [-0.3, -0.25) is 0 Å². The summed E-state index contributed by atoms with van der Waals surface area (Å²) in [5.74, 6) is 2.60. The molecule has 1 fully saturated rings. The van der Waals surface area contributed by atoms with Crippen LogP contribution in [0.5, 0.6) is 5.75 Å². The standard InChI is InChI=1S/C19H23NO/c20-13-18-10-7-15(12-19(18)21)11-14-5-8-17(9-6-14)16-3-1-2-4-16/h1,3,7,10,12,14,16-17,21H,2,4-6,8-9,11H2/t14-,16?,17-. The Kier molecular flexibility index (Phi) is 4.29. The van der Waals surface area contributed by atoms with Crippen LogP contribution >= 0.6 is 0 Å². The van der Waals surface area contributed by atoms with Crippen molar-refractivity contribution in [1.29, 1.82) is 5.26 Å². The van der Waals surface area contributed by atoms with Crippen molar-refractivity contribution < 1.29 is 5.11 Å². The van der Waals surface area contributed by atoms with Gasteiger partial charge >= 0.3 is 0 Å². The summed E-state index contributed by atoms with van der Waals surface area (Å²) in [5.41, 5.74) is 1.53. The highest BCUT2D eigenvalue weighted by atomic mass is 16.3. The highest BCUT2D eigenvalue weighted by molar-refractivity contribution is 5.44. The van der Waals surface area contributed by atoms with Crippen LogP contribution in [0.3, 0.4) is 0 Å². The third-order valence-electron chi connectivity index (χ3n) is 5.25. The fraction of sp³-hybridized carbons (Fsp3) is 0.526. The Morgan fingerprint density at radius 2 is 1.95 bits per heavy atom. The number of phenols is 1. The van der Waals surface area contributed by atoms with Gasteiger partial charge in [0.2, 0.25) is 0 Å². The van der Waals surface area contributed by atoms with Crippen LogP contribution in [0, 0.1) is 29.1 Å². The van der Waals surface area contributed by atoms with E-state index >= 15 is 0 Å². The third kappa shape index (κ3) is 3.29. The van der Waals surface area contributed by atoms with Crippen LogP contribution < -0.4 is 0 Å². The van der Waals surface area contributed by atoms with Crippen molar-refractivity contribution in [2.75, 3.05) is 0 Å². The minimum Gasteiger partial charge on any atom is -0.507 e. The van der Waals surface area contributed by atoms with E-state index < -0.39 is 0 Å². The molecule has 0 bridgehead atoms. The smallest absolute Gasteiger partial charge is 0.133 e. The minimum absolute atomic E-state index is 0.125. The predicted octanol–water partition coefficient (Wildman–Crippen LogP) is 4.58. The third-order valence-corrected chi connectivity index (χ3v) is 5.25. The molecule has 1 unspecified atom stereocenters. The van der Waals surface area contributed by atoms with Gasteiger partial charge in [0.1, 0.15) is 11.8 Å². The zero-order valence-electron chi connectivity index (χ0n) is 12.5. The van der Waals surface area contributed by atoms with Crippen molar-refractivity contribution in [3.8, 4) is 11.8 Å². The summed E-state index contributed by atoms with van der Waals surface area (Å²) in [6.07, 6.45) is 13.7. The van der Waals surface area contributed by atoms with E-state index in [0.29, 0.717) is 5.56 Å². The second kappa shape index (κ2) is 6.35. The Labute approximate surface area is 127 Å². The van der Waals surface area contributed by atoms with Gasteiger partial charge in [-0.05, 0) is 80.4 Å². The van der Waals surface area contributed by atoms with Crippen LogP contribution in [0.1, 0.15) is 49.7 Å². The van der Waals surface area contributed by atoms with Crippen LogP contribution in [0.4, 0.5) is 0 Å². The molecule has 0 heterocycles. The molecule has 1 atom stereocenters. The maximum Gasteiger partial charge on any atom is 0.133 e. The van der Waals surface area contributed by atoms with Crippen molar-refractivity contribution >= 4 is 0 Å².